The second-order valence-electron chi connectivity index (χ2n) is 5.73. The van der Waals surface area contributed by atoms with E-state index >= 15 is 0 Å². The Morgan fingerprint density at radius 2 is 2.21 bits per heavy atom. The fraction of sp³-hybridized carbons (Fsp3) is 0.538. The highest BCUT2D eigenvalue weighted by Gasteiger charge is 2.33. The second-order valence-corrected chi connectivity index (χ2v) is 5.73. The zero-order valence-corrected chi connectivity index (χ0v) is 11.3. The number of ether oxygens (including phenoxy) is 1. The summed E-state index contributed by atoms with van der Waals surface area (Å²) in [6, 6.07) is 0. The van der Waals surface area contributed by atoms with Gasteiger partial charge in [0.2, 0.25) is 0 Å². The molecule has 0 amide bonds. The van der Waals surface area contributed by atoms with E-state index in [4.69, 9.17) is 4.74 Å². The van der Waals surface area contributed by atoms with Crippen molar-refractivity contribution in [2.24, 2.45) is 5.41 Å². The molecule has 0 saturated carbocycles. The number of rotatable bonds is 2. The van der Waals surface area contributed by atoms with E-state index in [9.17, 15) is 4.79 Å². The third-order valence-corrected chi connectivity index (χ3v) is 3.37. The second kappa shape index (κ2) is 4.09. The summed E-state index contributed by atoms with van der Waals surface area (Å²) in [5.41, 5.74) is 1.52. The Balaban J connectivity index is 2.19. The van der Waals surface area contributed by atoms with Crippen LogP contribution in [-0.2, 0) is 17.8 Å². The number of fused-ring (bicyclic) bond motifs is 3. The minimum Gasteiger partial charge on any atom is -0.377 e. The molecule has 1 aliphatic rings. The molecule has 0 spiro atoms. The van der Waals surface area contributed by atoms with Gasteiger partial charge in [-0.1, -0.05) is 13.8 Å². The number of carbonyl (C=O) groups excluding carboxylic acids is 1. The zero-order valence-electron chi connectivity index (χ0n) is 11.3. The van der Waals surface area contributed by atoms with E-state index in [1.165, 1.54) is 0 Å². The van der Waals surface area contributed by atoms with Gasteiger partial charge in [0.15, 0.2) is 11.6 Å². The van der Waals surface area contributed by atoms with Crippen molar-refractivity contribution < 1.29 is 9.53 Å². The van der Waals surface area contributed by atoms with Crippen LogP contribution in [0.15, 0.2) is 6.20 Å². The van der Waals surface area contributed by atoms with Crippen LogP contribution in [0, 0.1) is 5.41 Å². The van der Waals surface area contributed by atoms with Gasteiger partial charge < -0.3 is 4.74 Å². The number of aromatic nitrogens is 4. The van der Waals surface area contributed by atoms with E-state index in [1.54, 1.807) is 17.8 Å². The van der Waals surface area contributed by atoms with Crippen LogP contribution in [0.5, 0.6) is 0 Å². The van der Waals surface area contributed by atoms with Crippen LogP contribution in [0.2, 0.25) is 0 Å². The molecule has 0 atom stereocenters. The number of ketones is 1. The molecule has 0 radical (unpaired) electrons. The van der Waals surface area contributed by atoms with Crippen molar-refractivity contribution in [2.75, 3.05) is 7.11 Å². The molecule has 19 heavy (non-hydrogen) atoms. The summed E-state index contributed by atoms with van der Waals surface area (Å²) in [7, 11) is 1.60. The van der Waals surface area contributed by atoms with E-state index in [-0.39, 0.29) is 11.2 Å². The molecule has 2 aromatic rings. The van der Waals surface area contributed by atoms with Gasteiger partial charge in [0.1, 0.15) is 6.61 Å². The summed E-state index contributed by atoms with van der Waals surface area (Å²) in [6.07, 6.45) is 2.96. The molecule has 0 saturated heterocycles. The fourth-order valence-corrected chi connectivity index (χ4v) is 2.56. The molecule has 6 heteroatoms. The van der Waals surface area contributed by atoms with E-state index in [0.29, 0.717) is 30.2 Å². The van der Waals surface area contributed by atoms with Gasteiger partial charge in [-0.05, 0) is 11.8 Å². The van der Waals surface area contributed by atoms with Crippen LogP contribution in [0.4, 0.5) is 0 Å². The van der Waals surface area contributed by atoms with Crippen molar-refractivity contribution in [3.63, 3.8) is 0 Å². The Kier molecular flexibility index (Phi) is 2.63. The third-order valence-electron chi connectivity index (χ3n) is 3.37. The lowest BCUT2D eigenvalue weighted by molar-refractivity contribution is 0.0908. The average Bonchev–Trinajstić information content (AvgIpc) is 2.71. The molecule has 0 aliphatic heterocycles. The van der Waals surface area contributed by atoms with Crippen LogP contribution in [0.25, 0.3) is 5.78 Å². The Labute approximate surface area is 110 Å². The molecule has 3 rings (SSSR count). The first-order valence-corrected chi connectivity index (χ1v) is 6.26. The van der Waals surface area contributed by atoms with Gasteiger partial charge in [-0.3, -0.25) is 4.79 Å². The maximum atomic E-state index is 12.2. The van der Waals surface area contributed by atoms with Gasteiger partial charge in [0.05, 0.1) is 11.3 Å². The highest BCUT2D eigenvalue weighted by molar-refractivity contribution is 5.98. The van der Waals surface area contributed by atoms with E-state index < -0.39 is 0 Å². The molecule has 6 nitrogen and oxygen atoms in total. The van der Waals surface area contributed by atoms with Crippen LogP contribution in [0.3, 0.4) is 0 Å². The monoisotopic (exact) mass is 260 g/mol. The first-order chi connectivity index (χ1) is 9.00. The molecule has 0 unspecified atom stereocenters. The summed E-state index contributed by atoms with van der Waals surface area (Å²) in [5, 5.41) is 4.38. The summed E-state index contributed by atoms with van der Waals surface area (Å²) in [6.45, 7) is 4.52. The van der Waals surface area contributed by atoms with Crippen molar-refractivity contribution in [1.82, 2.24) is 19.6 Å². The van der Waals surface area contributed by atoms with E-state index in [0.717, 1.165) is 12.1 Å². The molecule has 2 aromatic heterocycles. The molecular weight excluding hydrogens is 244 g/mol. The topological polar surface area (TPSA) is 69.4 Å². The number of methoxy groups -OCH3 is 1. The smallest absolute Gasteiger partial charge is 0.252 e. The van der Waals surface area contributed by atoms with Crippen molar-refractivity contribution in [3.8, 4) is 0 Å². The van der Waals surface area contributed by atoms with Gasteiger partial charge in [-0.25, -0.2) is 9.50 Å². The van der Waals surface area contributed by atoms with E-state index in [2.05, 4.69) is 28.9 Å². The van der Waals surface area contributed by atoms with Crippen molar-refractivity contribution >= 4 is 11.6 Å². The SMILES string of the molecule is COCc1nc2ncc3c(n2n1)CC(C)(C)CC3=O. The van der Waals surface area contributed by atoms with Crippen LogP contribution < -0.4 is 0 Å². The normalized spacial score (nSPS) is 17.7. The minimum atomic E-state index is -0.0499. The zero-order chi connectivity index (χ0) is 13.6. The number of hydrogen-bond donors (Lipinski definition) is 0. The highest BCUT2D eigenvalue weighted by atomic mass is 16.5. The van der Waals surface area contributed by atoms with Gasteiger partial charge in [0, 0.05) is 19.7 Å². The lowest BCUT2D eigenvalue weighted by atomic mass is 9.76. The Bertz CT molecular complexity index is 660. The first-order valence-electron chi connectivity index (χ1n) is 6.26. The molecular formula is C13H16N4O2. The minimum absolute atomic E-state index is 0.0499. The molecule has 0 fully saturated rings. The molecule has 0 N–H and O–H groups in total. The van der Waals surface area contributed by atoms with Crippen molar-refractivity contribution in [2.45, 2.75) is 33.3 Å². The summed E-state index contributed by atoms with van der Waals surface area (Å²) < 4.78 is 6.71. The lowest BCUT2D eigenvalue weighted by Crippen LogP contribution is -2.29. The number of Topliss-reactive ketones (excluding diaryl/α,β-unsaturated/α-hetero) is 1. The Hall–Kier alpha value is -1.82. The molecule has 0 bridgehead atoms. The lowest BCUT2D eigenvalue weighted by Gasteiger charge is -2.29. The summed E-state index contributed by atoms with van der Waals surface area (Å²) >= 11 is 0. The number of nitrogens with zero attached hydrogens (tertiary/aromatic N) is 4. The van der Waals surface area contributed by atoms with E-state index in [1.807, 2.05) is 0 Å². The van der Waals surface area contributed by atoms with Gasteiger partial charge in [-0.15, -0.1) is 5.10 Å². The van der Waals surface area contributed by atoms with Crippen molar-refractivity contribution in [3.05, 3.63) is 23.3 Å². The predicted molar refractivity (Wildman–Crippen MR) is 67.9 cm³/mol. The largest absolute Gasteiger partial charge is 0.377 e. The van der Waals surface area contributed by atoms with Crippen LogP contribution in [0.1, 0.15) is 42.1 Å². The van der Waals surface area contributed by atoms with Crippen molar-refractivity contribution in [1.29, 1.82) is 0 Å². The fourth-order valence-electron chi connectivity index (χ4n) is 2.56. The van der Waals surface area contributed by atoms with Crippen LogP contribution in [-0.4, -0.2) is 32.5 Å². The number of hydrogen-bond acceptors (Lipinski definition) is 5. The summed E-state index contributed by atoms with van der Waals surface area (Å²) in [5.74, 6) is 1.24. The average molecular weight is 260 g/mol. The Morgan fingerprint density at radius 3 is 2.95 bits per heavy atom. The van der Waals surface area contributed by atoms with Gasteiger partial charge in [-0.2, -0.15) is 4.98 Å². The van der Waals surface area contributed by atoms with Gasteiger partial charge >= 0.3 is 0 Å². The van der Waals surface area contributed by atoms with Crippen LogP contribution >= 0.6 is 0 Å². The third kappa shape index (κ3) is 2.02. The Morgan fingerprint density at radius 1 is 1.42 bits per heavy atom. The first kappa shape index (κ1) is 12.2. The summed E-state index contributed by atoms with van der Waals surface area (Å²) in [4.78, 5) is 20.6. The predicted octanol–water partition coefficient (Wildman–Crippen LogP) is 1.43. The molecule has 100 valence electrons. The maximum absolute atomic E-state index is 12.2. The van der Waals surface area contributed by atoms with Gasteiger partial charge in [0.25, 0.3) is 5.78 Å². The quantitative estimate of drug-likeness (QED) is 0.817. The number of carbonyl (C=O) groups is 1. The highest BCUT2D eigenvalue weighted by Crippen LogP contribution is 2.34. The molecule has 0 aromatic carbocycles. The molecule has 2 heterocycles. The maximum Gasteiger partial charge on any atom is 0.252 e. The molecule has 1 aliphatic carbocycles. The standard InChI is InChI=1S/C13H16N4O2/c1-13(2)4-9-8(10(18)5-13)6-14-12-15-11(7-19-3)16-17(9)12/h6H,4-5,7H2,1-3H3.